The van der Waals surface area contributed by atoms with Crippen molar-refractivity contribution >= 4 is 17.4 Å². The Labute approximate surface area is 142 Å². The van der Waals surface area contributed by atoms with Crippen molar-refractivity contribution in [2.24, 2.45) is 28.3 Å². The van der Waals surface area contributed by atoms with Gasteiger partial charge in [-0.3, -0.25) is 9.59 Å². The summed E-state index contributed by atoms with van der Waals surface area (Å²) in [5, 5.41) is 5.91. The molecular formula is C20H24N2O2. The van der Waals surface area contributed by atoms with Crippen molar-refractivity contribution in [1.29, 1.82) is 0 Å². The molecule has 2 saturated carbocycles. The summed E-state index contributed by atoms with van der Waals surface area (Å²) < 4.78 is 0. The first kappa shape index (κ1) is 15.6. The fourth-order valence-corrected chi connectivity index (χ4v) is 5.09. The van der Waals surface area contributed by atoms with Crippen LogP contribution in [0.3, 0.4) is 0 Å². The zero-order chi connectivity index (χ0) is 16.9. The normalized spacial score (nSPS) is 34.8. The first-order chi connectivity index (χ1) is 11.5. The van der Waals surface area contributed by atoms with E-state index in [0.29, 0.717) is 17.4 Å². The second-order valence-electron chi connectivity index (χ2n) is 7.82. The van der Waals surface area contributed by atoms with E-state index in [1.165, 1.54) is 24.3 Å². The monoisotopic (exact) mass is 324 g/mol. The van der Waals surface area contributed by atoms with E-state index in [1.54, 1.807) is 12.1 Å². The minimum Gasteiger partial charge on any atom is -0.292 e. The fourth-order valence-electron chi connectivity index (χ4n) is 5.09. The molecule has 3 aliphatic rings. The van der Waals surface area contributed by atoms with Crippen molar-refractivity contribution in [3.63, 3.8) is 0 Å². The third kappa shape index (κ3) is 2.23. The molecule has 4 heteroatoms. The van der Waals surface area contributed by atoms with E-state index in [4.69, 9.17) is 0 Å². The molecular weight excluding hydrogens is 300 g/mol. The highest BCUT2D eigenvalue weighted by Crippen LogP contribution is 2.56. The van der Waals surface area contributed by atoms with Crippen LogP contribution >= 0.6 is 0 Å². The quantitative estimate of drug-likeness (QED) is 0.796. The molecule has 1 aliphatic heterocycles. The first-order valence-electron chi connectivity index (χ1n) is 8.96. The van der Waals surface area contributed by atoms with Gasteiger partial charge in [-0.1, -0.05) is 36.8 Å². The minimum atomic E-state index is -0.517. The predicted molar refractivity (Wildman–Crippen MR) is 92.6 cm³/mol. The lowest BCUT2D eigenvalue weighted by Crippen LogP contribution is -2.45. The molecule has 24 heavy (non-hydrogen) atoms. The van der Waals surface area contributed by atoms with E-state index in [0.717, 1.165) is 18.1 Å². The SMILES string of the molecule is CC1=NN(CC(=O)c2ccccc2)C(=O)[C@@]1(C)[C@@H]1C[C@H]2CC[C@@H]1C2. The number of nitrogens with zero attached hydrogens (tertiary/aromatic N) is 2. The maximum absolute atomic E-state index is 13.1. The molecule has 2 bridgehead atoms. The largest absolute Gasteiger partial charge is 0.292 e. The average molecular weight is 324 g/mol. The summed E-state index contributed by atoms with van der Waals surface area (Å²) >= 11 is 0. The van der Waals surface area contributed by atoms with Gasteiger partial charge >= 0.3 is 0 Å². The Bertz CT molecular complexity index is 712. The number of benzene rings is 1. The Hall–Kier alpha value is -1.97. The van der Waals surface area contributed by atoms with Gasteiger partial charge in [0.2, 0.25) is 0 Å². The van der Waals surface area contributed by atoms with E-state index >= 15 is 0 Å². The third-order valence-electron chi connectivity index (χ3n) is 6.57. The van der Waals surface area contributed by atoms with Crippen LogP contribution in [0.25, 0.3) is 0 Å². The van der Waals surface area contributed by atoms with Gasteiger partial charge in [0.05, 0.1) is 11.1 Å². The van der Waals surface area contributed by atoms with Crippen LogP contribution in [0.2, 0.25) is 0 Å². The third-order valence-corrected chi connectivity index (χ3v) is 6.57. The number of hydrogen-bond acceptors (Lipinski definition) is 3. The highest BCUT2D eigenvalue weighted by atomic mass is 16.2. The van der Waals surface area contributed by atoms with Crippen molar-refractivity contribution < 1.29 is 9.59 Å². The second-order valence-corrected chi connectivity index (χ2v) is 7.82. The molecule has 1 amide bonds. The van der Waals surface area contributed by atoms with Crippen molar-refractivity contribution in [1.82, 2.24) is 5.01 Å². The van der Waals surface area contributed by atoms with Gasteiger partial charge in [-0.05, 0) is 50.9 Å². The minimum absolute atomic E-state index is 0.0156. The zero-order valence-corrected chi connectivity index (χ0v) is 14.4. The molecule has 0 unspecified atom stereocenters. The summed E-state index contributed by atoms with van der Waals surface area (Å²) in [6.45, 7) is 4.04. The topological polar surface area (TPSA) is 49.7 Å². The molecule has 0 N–H and O–H groups in total. The molecule has 0 aromatic heterocycles. The summed E-state index contributed by atoms with van der Waals surface area (Å²) in [6, 6.07) is 9.13. The molecule has 1 aromatic carbocycles. The predicted octanol–water partition coefficient (Wildman–Crippen LogP) is 3.53. The molecule has 1 heterocycles. The van der Waals surface area contributed by atoms with Crippen LogP contribution < -0.4 is 0 Å². The van der Waals surface area contributed by atoms with Gasteiger partial charge in [-0.2, -0.15) is 5.10 Å². The zero-order valence-electron chi connectivity index (χ0n) is 14.4. The molecule has 0 saturated heterocycles. The molecule has 4 atom stereocenters. The summed E-state index contributed by atoms with van der Waals surface area (Å²) in [7, 11) is 0. The maximum Gasteiger partial charge on any atom is 0.255 e. The molecule has 0 radical (unpaired) electrons. The summed E-state index contributed by atoms with van der Waals surface area (Å²) in [6.07, 6.45) is 4.97. The summed E-state index contributed by atoms with van der Waals surface area (Å²) in [5.41, 5.74) is 0.995. The number of Topliss-reactive ketones (excluding diaryl/α,β-unsaturated/α-hetero) is 1. The Morgan fingerprint density at radius 3 is 2.62 bits per heavy atom. The highest BCUT2D eigenvalue weighted by Gasteiger charge is 2.57. The Morgan fingerprint density at radius 2 is 2.00 bits per heavy atom. The number of ketones is 1. The van der Waals surface area contributed by atoms with Gasteiger partial charge in [-0.15, -0.1) is 0 Å². The Morgan fingerprint density at radius 1 is 1.25 bits per heavy atom. The standard InChI is InChI=1S/C20H24N2O2/c1-13-20(2,17-11-14-8-9-16(17)10-14)19(24)22(21-13)12-18(23)15-6-4-3-5-7-15/h3-7,14,16-17H,8-12H2,1-2H3/t14-,16+,17+,20+/m0/s1. The van der Waals surface area contributed by atoms with E-state index in [9.17, 15) is 9.59 Å². The first-order valence-corrected chi connectivity index (χ1v) is 8.96. The van der Waals surface area contributed by atoms with E-state index in [-0.39, 0.29) is 18.2 Å². The Kier molecular flexibility index (Phi) is 3.59. The van der Waals surface area contributed by atoms with Crippen molar-refractivity contribution in [3.05, 3.63) is 35.9 Å². The number of fused-ring (bicyclic) bond motifs is 2. The van der Waals surface area contributed by atoms with Crippen LogP contribution in [0.5, 0.6) is 0 Å². The highest BCUT2D eigenvalue weighted by molar-refractivity contribution is 6.12. The van der Waals surface area contributed by atoms with Crippen LogP contribution in [0.15, 0.2) is 35.4 Å². The number of rotatable bonds is 4. The second kappa shape index (κ2) is 5.54. The molecule has 4 nitrogen and oxygen atoms in total. The summed E-state index contributed by atoms with van der Waals surface area (Å²) in [5.74, 6) is 1.79. The number of amides is 1. The van der Waals surface area contributed by atoms with Gasteiger partial charge in [0.15, 0.2) is 5.78 Å². The van der Waals surface area contributed by atoms with E-state index in [2.05, 4.69) is 5.10 Å². The number of hydrazone groups is 1. The van der Waals surface area contributed by atoms with Gasteiger partial charge in [0.25, 0.3) is 5.91 Å². The molecule has 1 aromatic rings. The summed E-state index contributed by atoms with van der Waals surface area (Å²) in [4.78, 5) is 25.6. The van der Waals surface area contributed by atoms with Gasteiger partial charge in [0.1, 0.15) is 6.54 Å². The lowest BCUT2D eigenvalue weighted by Gasteiger charge is -2.35. The Balaban J connectivity index is 1.53. The lowest BCUT2D eigenvalue weighted by molar-refractivity contribution is -0.138. The van der Waals surface area contributed by atoms with Gasteiger partial charge < -0.3 is 0 Å². The smallest absolute Gasteiger partial charge is 0.255 e. The average Bonchev–Trinajstić information content (AvgIpc) is 3.28. The molecule has 4 rings (SSSR count). The maximum atomic E-state index is 13.1. The molecule has 126 valence electrons. The van der Waals surface area contributed by atoms with Crippen LogP contribution in [-0.4, -0.2) is 29.0 Å². The molecule has 0 spiro atoms. The van der Waals surface area contributed by atoms with Crippen LogP contribution in [0.4, 0.5) is 0 Å². The van der Waals surface area contributed by atoms with Crippen LogP contribution in [0.1, 0.15) is 49.9 Å². The van der Waals surface area contributed by atoms with Gasteiger partial charge in [-0.25, -0.2) is 5.01 Å². The van der Waals surface area contributed by atoms with E-state index in [1.807, 2.05) is 32.0 Å². The van der Waals surface area contributed by atoms with Crippen molar-refractivity contribution in [2.75, 3.05) is 6.54 Å². The van der Waals surface area contributed by atoms with Crippen molar-refractivity contribution in [2.45, 2.75) is 39.5 Å². The van der Waals surface area contributed by atoms with Crippen LogP contribution in [0, 0.1) is 23.2 Å². The molecule has 2 aliphatic carbocycles. The van der Waals surface area contributed by atoms with Crippen LogP contribution in [-0.2, 0) is 4.79 Å². The van der Waals surface area contributed by atoms with Crippen molar-refractivity contribution in [3.8, 4) is 0 Å². The van der Waals surface area contributed by atoms with E-state index < -0.39 is 5.41 Å². The number of hydrogen-bond donors (Lipinski definition) is 0. The fraction of sp³-hybridized carbons (Fsp3) is 0.550. The van der Waals surface area contributed by atoms with Gasteiger partial charge in [0, 0.05) is 5.56 Å². The number of carbonyl (C=O) groups excluding carboxylic acids is 2. The lowest BCUT2D eigenvalue weighted by atomic mass is 9.66. The number of carbonyl (C=O) groups is 2. The molecule has 2 fully saturated rings.